The van der Waals surface area contributed by atoms with E-state index in [1.807, 2.05) is 7.05 Å². The third-order valence-corrected chi connectivity index (χ3v) is 4.63. The number of aromatic carboxylic acids is 1. The highest BCUT2D eigenvalue weighted by Gasteiger charge is 2.13. The molecule has 0 bridgehead atoms. The van der Waals surface area contributed by atoms with Crippen LogP contribution in [0.15, 0.2) is 55.2 Å². The zero-order valence-electron chi connectivity index (χ0n) is 15.3. The molecule has 0 aliphatic heterocycles. The number of nitrogens with zero attached hydrogens (tertiary/aromatic N) is 4. The molecule has 4 rings (SSSR count). The van der Waals surface area contributed by atoms with Crippen LogP contribution in [0.1, 0.15) is 16.2 Å². The summed E-state index contributed by atoms with van der Waals surface area (Å²) < 4.78 is 7.69. The lowest BCUT2D eigenvalue weighted by molar-refractivity contribution is 0.0690. The Kier molecular flexibility index (Phi) is 4.74. The van der Waals surface area contributed by atoms with E-state index in [-0.39, 0.29) is 5.69 Å². The van der Waals surface area contributed by atoms with Crippen molar-refractivity contribution < 1.29 is 14.6 Å². The maximum absolute atomic E-state index is 11.3. The summed E-state index contributed by atoms with van der Waals surface area (Å²) in [5.74, 6) is 0.398. The van der Waals surface area contributed by atoms with Crippen LogP contribution in [-0.4, -0.2) is 30.8 Å². The molecule has 0 saturated heterocycles. The molecule has 7 nitrogen and oxygen atoms in total. The highest BCUT2D eigenvalue weighted by molar-refractivity contribution is 6.35. The minimum Gasteiger partial charge on any atom is -0.477 e. The van der Waals surface area contributed by atoms with E-state index in [4.69, 9.17) is 16.3 Å². The number of fused-ring (bicyclic) bond motifs is 1. The molecule has 8 heteroatoms. The highest BCUT2D eigenvalue weighted by Crippen LogP contribution is 2.34. The number of benzene rings is 2. The van der Waals surface area contributed by atoms with E-state index in [0.29, 0.717) is 33.6 Å². The number of aromatic nitrogens is 4. The molecule has 0 aliphatic rings. The Bertz CT molecular complexity index is 1250. The van der Waals surface area contributed by atoms with Crippen LogP contribution in [0.2, 0.25) is 5.02 Å². The van der Waals surface area contributed by atoms with Crippen LogP contribution in [0.5, 0.6) is 11.5 Å². The van der Waals surface area contributed by atoms with E-state index < -0.39 is 5.97 Å². The van der Waals surface area contributed by atoms with E-state index in [1.165, 1.54) is 12.1 Å². The minimum absolute atomic E-state index is 0.0923. The van der Waals surface area contributed by atoms with E-state index in [1.54, 1.807) is 47.3 Å². The smallest absolute Gasteiger partial charge is 0.354 e. The lowest BCUT2D eigenvalue weighted by atomic mass is 10.2. The summed E-state index contributed by atoms with van der Waals surface area (Å²) in [4.78, 5) is 19.7. The maximum Gasteiger partial charge on any atom is 0.354 e. The Morgan fingerprint density at radius 3 is 2.66 bits per heavy atom. The Labute approximate surface area is 170 Å². The summed E-state index contributed by atoms with van der Waals surface area (Å²) in [6, 6.07) is 12.0. The molecule has 2 aromatic carbocycles. The fourth-order valence-corrected chi connectivity index (χ4v) is 3.20. The van der Waals surface area contributed by atoms with Crippen molar-refractivity contribution in [1.82, 2.24) is 19.7 Å². The molecule has 0 fully saturated rings. The van der Waals surface area contributed by atoms with Crippen molar-refractivity contribution in [3.8, 4) is 22.9 Å². The molecule has 0 unspecified atom stereocenters. The van der Waals surface area contributed by atoms with Gasteiger partial charge >= 0.3 is 5.97 Å². The second-order valence-corrected chi connectivity index (χ2v) is 6.62. The van der Waals surface area contributed by atoms with Crippen molar-refractivity contribution in [2.75, 3.05) is 0 Å². The van der Waals surface area contributed by atoms with Crippen molar-refractivity contribution in [3.63, 3.8) is 0 Å². The van der Waals surface area contributed by atoms with Gasteiger partial charge in [0, 0.05) is 12.6 Å². The predicted octanol–water partition coefficient (Wildman–Crippen LogP) is 4.82. The zero-order valence-corrected chi connectivity index (χ0v) is 16.1. The lowest BCUT2D eigenvalue weighted by Gasteiger charge is -2.09. The minimum atomic E-state index is -1.13. The first-order chi connectivity index (χ1) is 14.0. The van der Waals surface area contributed by atoms with Gasteiger partial charge in [-0.05, 0) is 48.5 Å². The molecular weight excluding hydrogens is 392 g/mol. The van der Waals surface area contributed by atoms with Crippen LogP contribution >= 0.6 is 11.6 Å². The summed E-state index contributed by atoms with van der Waals surface area (Å²) in [6.07, 6.45) is 3.18. The fourth-order valence-electron chi connectivity index (χ4n) is 2.92. The largest absolute Gasteiger partial charge is 0.477 e. The molecule has 29 heavy (non-hydrogen) atoms. The lowest BCUT2D eigenvalue weighted by Crippen LogP contribution is -2.04. The topological polar surface area (TPSA) is 90.1 Å². The monoisotopic (exact) mass is 406 g/mol. The number of rotatable bonds is 5. The molecule has 0 atom stereocenters. The van der Waals surface area contributed by atoms with Crippen molar-refractivity contribution >= 4 is 34.5 Å². The van der Waals surface area contributed by atoms with Gasteiger partial charge in [-0.2, -0.15) is 5.10 Å². The van der Waals surface area contributed by atoms with Crippen molar-refractivity contribution in [1.29, 1.82) is 0 Å². The van der Waals surface area contributed by atoms with Gasteiger partial charge in [-0.1, -0.05) is 18.2 Å². The number of halogens is 1. The van der Waals surface area contributed by atoms with Gasteiger partial charge in [0.25, 0.3) is 0 Å². The zero-order chi connectivity index (χ0) is 20.5. The van der Waals surface area contributed by atoms with Crippen molar-refractivity contribution in [2.45, 2.75) is 0 Å². The van der Waals surface area contributed by atoms with Gasteiger partial charge in [0.15, 0.2) is 11.5 Å². The van der Waals surface area contributed by atoms with Crippen LogP contribution in [0.3, 0.4) is 0 Å². The molecule has 2 heterocycles. The molecular formula is C21H15ClN4O3. The van der Waals surface area contributed by atoms with E-state index >= 15 is 0 Å². The summed E-state index contributed by atoms with van der Waals surface area (Å²) in [5.41, 5.74) is 1.79. The Balaban J connectivity index is 1.66. The number of carbonyl (C=O) groups is 1. The Hall–Kier alpha value is -3.71. The first-order valence-corrected chi connectivity index (χ1v) is 8.97. The summed E-state index contributed by atoms with van der Waals surface area (Å²) >= 11 is 6.25. The van der Waals surface area contributed by atoms with Gasteiger partial charge in [0.05, 0.1) is 27.8 Å². The fraction of sp³-hybridized carbons (Fsp3) is 0.0476. The van der Waals surface area contributed by atoms with Crippen LogP contribution in [0.4, 0.5) is 0 Å². The molecule has 2 aromatic heterocycles. The van der Waals surface area contributed by atoms with Crippen molar-refractivity contribution in [3.05, 3.63) is 71.7 Å². The second kappa shape index (κ2) is 7.37. The van der Waals surface area contributed by atoms with Crippen LogP contribution in [-0.2, 0) is 7.05 Å². The highest BCUT2D eigenvalue weighted by atomic mass is 35.5. The Morgan fingerprint density at radius 1 is 1.21 bits per heavy atom. The van der Waals surface area contributed by atoms with Gasteiger partial charge in [-0.3, -0.25) is 4.68 Å². The first-order valence-electron chi connectivity index (χ1n) is 8.59. The second-order valence-electron chi connectivity index (χ2n) is 6.21. The van der Waals surface area contributed by atoms with Gasteiger partial charge in [0.1, 0.15) is 11.5 Å². The van der Waals surface area contributed by atoms with Gasteiger partial charge in [-0.15, -0.1) is 0 Å². The SMILES string of the molecule is C=Cc1cc(C(=O)O)nc(-c2ccc(Oc3ccc(Cl)c4c3cnn4C)cc2)n1. The predicted molar refractivity (Wildman–Crippen MR) is 110 cm³/mol. The van der Waals surface area contributed by atoms with Gasteiger partial charge < -0.3 is 9.84 Å². The summed E-state index contributed by atoms with van der Waals surface area (Å²) in [5, 5.41) is 14.9. The van der Waals surface area contributed by atoms with Crippen molar-refractivity contribution in [2.24, 2.45) is 7.05 Å². The van der Waals surface area contributed by atoms with Crippen LogP contribution < -0.4 is 4.74 Å². The van der Waals surface area contributed by atoms with E-state index in [2.05, 4.69) is 21.6 Å². The number of carboxylic acids is 1. The van der Waals surface area contributed by atoms with E-state index in [9.17, 15) is 9.90 Å². The average molecular weight is 407 g/mol. The standard InChI is InChI=1S/C21H15ClN4O3/c1-3-13-10-17(21(27)28)25-20(24-13)12-4-6-14(7-5-12)29-18-9-8-16(22)19-15(18)11-23-26(19)2/h3-11H,1H2,2H3,(H,27,28). The normalized spacial score (nSPS) is 10.8. The summed E-state index contributed by atoms with van der Waals surface area (Å²) in [6.45, 7) is 3.64. The molecule has 0 spiro atoms. The molecule has 144 valence electrons. The third kappa shape index (κ3) is 3.55. The average Bonchev–Trinajstić information content (AvgIpc) is 3.13. The maximum atomic E-state index is 11.3. The van der Waals surface area contributed by atoms with Gasteiger partial charge in [-0.25, -0.2) is 14.8 Å². The van der Waals surface area contributed by atoms with Gasteiger partial charge in [0.2, 0.25) is 0 Å². The number of hydrogen-bond acceptors (Lipinski definition) is 5. The Morgan fingerprint density at radius 2 is 1.97 bits per heavy atom. The van der Waals surface area contributed by atoms with E-state index in [0.717, 1.165) is 10.9 Å². The molecule has 4 aromatic rings. The number of carboxylic acid groups (broad SMARTS) is 1. The number of ether oxygens (including phenoxy) is 1. The molecule has 1 N–H and O–H groups in total. The molecule has 0 saturated carbocycles. The number of hydrogen-bond donors (Lipinski definition) is 1. The first kappa shape index (κ1) is 18.6. The molecule has 0 radical (unpaired) electrons. The summed E-state index contributed by atoms with van der Waals surface area (Å²) in [7, 11) is 1.82. The third-order valence-electron chi connectivity index (χ3n) is 4.33. The van der Waals surface area contributed by atoms with Crippen LogP contribution in [0, 0.1) is 0 Å². The quantitative estimate of drug-likeness (QED) is 0.511. The van der Waals surface area contributed by atoms with Crippen LogP contribution in [0.25, 0.3) is 28.4 Å². The molecule has 0 aliphatic carbocycles. The number of aryl methyl sites for hydroxylation is 1. The molecule has 0 amide bonds.